The zero-order chi connectivity index (χ0) is 26.4. The predicted molar refractivity (Wildman–Crippen MR) is 148 cm³/mol. The molecule has 0 radical (unpaired) electrons. The molecule has 1 saturated heterocycles. The molecule has 1 fully saturated rings. The highest BCUT2D eigenvalue weighted by molar-refractivity contribution is 8.15. The van der Waals surface area contributed by atoms with Gasteiger partial charge in [-0.3, -0.25) is 14.5 Å². The number of amidine groups is 1. The maximum Gasteiger partial charge on any atom is 0.242 e. The quantitative estimate of drug-likeness (QED) is 0.461. The van der Waals surface area contributed by atoms with Gasteiger partial charge in [0.25, 0.3) is 0 Å². The Morgan fingerprint density at radius 2 is 1.92 bits per heavy atom. The first-order chi connectivity index (χ1) is 17.7. The smallest absolute Gasteiger partial charge is 0.242 e. The van der Waals surface area contributed by atoms with Gasteiger partial charge in [0, 0.05) is 32.7 Å². The maximum absolute atomic E-state index is 13.4. The molecule has 4 rings (SSSR count). The van der Waals surface area contributed by atoms with Gasteiger partial charge in [0.2, 0.25) is 21.8 Å². The standard InChI is InChI=1S/C27H32N4O4S2/c1-30(2)37(34,35)23-15-9-14-22(18-23)29-27-31(17-16-20-10-5-3-6-11-20)26(33)24(36-27)19-25(32)28-21-12-7-4-8-13-21/h4,7-10,12-15,18,24H,3,5-6,11,16-17,19H2,1-2H3,(H,28,32)/t24-/m1/s1. The number of carbonyl (C=O) groups excluding carboxylic acids is 2. The Morgan fingerprint density at radius 1 is 1.14 bits per heavy atom. The van der Waals surface area contributed by atoms with Crippen LogP contribution in [-0.4, -0.2) is 60.5 Å². The van der Waals surface area contributed by atoms with Crippen molar-refractivity contribution >= 4 is 50.1 Å². The summed E-state index contributed by atoms with van der Waals surface area (Å²) in [5.41, 5.74) is 2.46. The van der Waals surface area contributed by atoms with Gasteiger partial charge in [-0.05, 0) is 62.4 Å². The summed E-state index contributed by atoms with van der Waals surface area (Å²) in [5.74, 6) is -0.396. The number of nitrogens with one attached hydrogen (secondary N) is 1. The SMILES string of the molecule is CN(C)S(=O)(=O)c1cccc(N=C2S[C@H](CC(=O)Nc3ccccc3)C(=O)N2CCC2=CCCCC2)c1. The van der Waals surface area contributed by atoms with Crippen molar-refractivity contribution in [1.82, 2.24) is 9.21 Å². The lowest BCUT2D eigenvalue weighted by atomic mass is 9.97. The summed E-state index contributed by atoms with van der Waals surface area (Å²) >= 11 is 1.25. The maximum atomic E-state index is 13.4. The van der Waals surface area contributed by atoms with Crippen LogP contribution in [-0.2, 0) is 19.6 Å². The van der Waals surface area contributed by atoms with Crippen molar-refractivity contribution in [2.75, 3.05) is 26.0 Å². The average molecular weight is 541 g/mol. The fraction of sp³-hybridized carbons (Fsp3) is 0.370. The molecular weight excluding hydrogens is 508 g/mol. The number of para-hydroxylation sites is 1. The van der Waals surface area contributed by atoms with E-state index in [0.717, 1.165) is 30.0 Å². The topological polar surface area (TPSA) is 99.1 Å². The molecule has 8 nitrogen and oxygen atoms in total. The molecule has 2 aliphatic rings. The molecule has 1 heterocycles. The third-order valence-electron chi connectivity index (χ3n) is 6.31. The molecule has 2 aromatic carbocycles. The van der Waals surface area contributed by atoms with E-state index in [4.69, 9.17) is 0 Å². The first-order valence-corrected chi connectivity index (χ1v) is 14.7. The molecule has 0 unspecified atom stereocenters. The van der Waals surface area contributed by atoms with E-state index in [-0.39, 0.29) is 23.1 Å². The molecule has 1 aliphatic heterocycles. The average Bonchev–Trinajstić information content (AvgIpc) is 3.17. The zero-order valence-corrected chi connectivity index (χ0v) is 22.7. The minimum atomic E-state index is -3.62. The number of thioether (sulfide) groups is 1. The van der Waals surface area contributed by atoms with E-state index in [1.165, 1.54) is 50.0 Å². The molecule has 37 heavy (non-hydrogen) atoms. The van der Waals surface area contributed by atoms with Crippen molar-refractivity contribution in [2.24, 2.45) is 4.99 Å². The Kier molecular flexibility index (Phi) is 8.83. The highest BCUT2D eigenvalue weighted by atomic mass is 32.2. The first kappa shape index (κ1) is 27.1. The number of benzene rings is 2. The van der Waals surface area contributed by atoms with Crippen LogP contribution >= 0.6 is 11.8 Å². The Labute approximate surface area is 222 Å². The number of hydrogen-bond donors (Lipinski definition) is 1. The Bertz CT molecular complexity index is 1310. The number of aliphatic imine (C=N–C) groups is 1. The predicted octanol–water partition coefficient (Wildman–Crippen LogP) is 4.79. The van der Waals surface area contributed by atoms with Crippen LogP contribution in [0.3, 0.4) is 0 Å². The summed E-state index contributed by atoms with van der Waals surface area (Å²) in [7, 11) is -0.665. The molecular formula is C27H32N4O4S2. The second-order valence-electron chi connectivity index (χ2n) is 9.25. The molecule has 0 saturated carbocycles. The number of rotatable bonds is 9. The van der Waals surface area contributed by atoms with E-state index in [1.807, 2.05) is 18.2 Å². The summed E-state index contributed by atoms with van der Waals surface area (Å²) in [5, 5.41) is 2.73. The third kappa shape index (κ3) is 6.88. The second kappa shape index (κ2) is 12.1. The van der Waals surface area contributed by atoms with E-state index >= 15 is 0 Å². The fourth-order valence-electron chi connectivity index (χ4n) is 4.25. The molecule has 196 valence electrons. The van der Waals surface area contributed by atoms with Gasteiger partial charge in [-0.15, -0.1) is 0 Å². The van der Waals surface area contributed by atoms with E-state index in [2.05, 4.69) is 16.4 Å². The van der Waals surface area contributed by atoms with Gasteiger partial charge in [-0.25, -0.2) is 17.7 Å². The Balaban J connectivity index is 1.56. The van der Waals surface area contributed by atoms with Crippen molar-refractivity contribution < 1.29 is 18.0 Å². The van der Waals surface area contributed by atoms with Gasteiger partial charge >= 0.3 is 0 Å². The molecule has 1 N–H and O–H groups in total. The molecule has 0 bridgehead atoms. The molecule has 1 atom stereocenters. The number of hydrogen-bond acceptors (Lipinski definition) is 6. The summed E-state index contributed by atoms with van der Waals surface area (Å²) in [6.07, 6.45) is 7.48. The lowest BCUT2D eigenvalue weighted by Crippen LogP contribution is -2.34. The fourth-order valence-corrected chi connectivity index (χ4v) is 6.38. The molecule has 10 heteroatoms. The number of sulfonamides is 1. The first-order valence-electron chi connectivity index (χ1n) is 12.4. The van der Waals surface area contributed by atoms with Crippen LogP contribution in [0.5, 0.6) is 0 Å². The molecule has 1 aliphatic carbocycles. The van der Waals surface area contributed by atoms with E-state index in [1.54, 1.807) is 29.2 Å². The normalized spacial score (nSPS) is 19.4. The van der Waals surface area contributed by atoms with Gasteiger partial charge in [-0.2, -0.15) is 0 Å². The summed E-state index contributed by atoms with van der Waals surface area (Å²) < 4.78 is 26.3. The number of nitrogens with zero attached hydrogens (tertiary/aromatic N) is 3. The lowest BCUT2D eigenvalue weighted by molar-refractivity contribution is -0.128. The van der Waals surface area contributed by atoms with Crippen molar-refractivity contribution in [3.8, 4) is 0 Å². The van der Waals surface area contributed by atoms with Gasteiger partial charge < -0.3 is 5.32 Å². The molecule has 2 aromatic rings. The summed E-state index contributed by atoms with van der Waals surface area (Å²) in [6, 6.07) is 15.5. The molecule has 0 aromatic heterocycles. The summed E-state index contributed by atoms with van der Waals surface area (Å²) in [6.45, 7) is 0.475. The van der Waals surface area contributed by atoms with Gasteiger partial charge in [0.05, 0.1) is 10.6 Å². The van der Waals surface area contributed by atoms with Crippen molar-refractivity contribution in [3.63, 3.8) is 0 Å². The third-order valence-corrected chi connectivity index (χ3v) is 9.30. The van der Waals surface area contributed by atoms with E-state index in [0.29, 0.717) is 23.1 Å². The van der Waals surface area contributed by atoms with Crippen LogP contribution in [0.1, 0.15) is 38.5 Å². The van der Waals surface area contributed by atoms with Crippen LogP contribution in [0, 0.1) is 0 Å². The molecule has 0 spiro atoms. The van der Waals surface area contributed by atoms with E-state index in [9.17, 15) is 18.0 Å². The number of carbonyl (C=O) groups is 2. The minimum Gasteiger partial charge on any atom is -0.326 e. The number of amides is 2. The highest BCUT2D eigenvalue weighted by Gasteiger charge is 2.39. The Morgan fingerprint density at radius 3 is 2.62 bits per heavy atom. The van der Waals surface area contributed by atoms with Gasteiger partial charge in [0.15, 0.2) is 5.17 Å². The highest BCUT2D eigenvalue weighted by Crippen LogP contribution is 2.33. The second-order valence-corrected chi connectivity index (χ2v) is 12.6. The van der Waals surface area contributed by atoms with Gasteiger partial charge in [0.1, 0.15) is 5.25 Å². The monoisotopic (exact) mass is 540 g/mol. The van der Waals surface area contributed by atoms with E-state index < -0.39 is 15.3 Å². The van der Waals surface area contributed by atoms with Crippen LogP contribution < -0.4 is 5.32 Å². The zero-order valence-electron chi connectivity index (χ0n) is 21.1. The summed E-state index contributed by atoms with van der Waals surface area (Å²) in [4.78, 5) is 32.6. The van der Waals surface area contributed by atoms with Crippen LogP contribution in [0.25, 0.3) is 0 Å². The van der Waals surface area contributed by atoms with Crippen molar-refractivity contribution in [3.05, 3.63) is 66.2 Å². The lowest BCUT2D eigenvalue weighted by Gasteiger charge is -2.19. The van der Waals surface area contributed by atoms with Gasteiger partial charge in [-0.1, -0.05) is 47.7 Å². The Hall–Kier alpha value is -2.95. The van der Waals surface area contributed by atoms with Crippen molar-refractivity contribution in [1.29, 1.82) is 0 Å². The number of anilines is 1. The van der Waals surface area contributed by atoms with Crippen LogP contribution in [0.2, 0.25) is 0 Å². The van der Waals surface area contributed by atoms with Crippen molar-refractivity contribution in [2.45, 2.75) is 48.7 Å². The largest absolute Gasteiger partial charge is 0.326 e. The number of allylic oxidation sites excluding steroid dienone is 1. The molecule has 2 amide bonds. The van der Waals surface area contributed by atoms with Crippen LogP contribution in [0.4, 0.5) is 11.4 Å². The minimum absolute atomic E-state index is 0.0195. The van der Waals surface area contributed by atoms with Crippen LogP contribution in [0.15, 0.2) is 76.1 Å².